The molecule has 0 atom stereocenters. The van der Waals surface area contributed by atoms with Crippen molar-refractivity contribution in [1.82, 2.24) is 9.97 Å². The van der Waals surface area contributed by atoms with Crippen molar-refractivity contribution in [2.24, 2.45) is 0 Å². The van der Waals surface area contributed by atoms with Gasteiger partial charge in [0.15, 0.2) is 0 Å². The number of aryl methyl sites for hydroxylation is 1. The van der Waals surface area contributed by atoms with Gasteiger partial charge in [-0.2, -0.15) is 0 Å². The summed E-state index contributed by atoms with van der Waals surface area (Å²) in [5.74, 6) is 0. The highest BCUT2D eigenvalue weighted by Gasteiger charge is 2.15. The first-order valence-electron chi connectivity index (χ1n) is 5.86. The van der Waals surface area contributed by atoms with Crippen LogP contribution in [0.5, 0.6) is 6.01 Å². The Labute approximate surface area is 90.9 Å². The smallest absolute Gasteiger partial charge is 0.316 e. The number of rotatable bonds is 3. The summed E-state index contributed by atoms with van der Waals surface area (Å²) < 4.78 is 5.73. The third-order valence-corrected chi connectivity index (χ3v) is 2.91. The Hall–Kier alpha value is -1.12. The van der Waals surface area contributed by atoms with Crippen molar-refractivity contribution in [2.75, 3.05) is 0 Å². The van der Waals surface area contributed by atoms with Gasteiger partial charge in [-0.05, 0) is 37.7 Å². The minimum atomic E-state index is 0.339. The van der Waals surface area contributed by atoms with Crippen molar-refractivity contribution < 1.29 is 4.74 Å². The Morgan fingerprint density at radius 2 is 1.87 bits per heavy atom. The highest BCUT2D eigenvalue weighted by Crippen LogP contribution is 2.21. The van der Waals surface area contributed by atoms with E-state index >= 15 is 0 Å². The van der Waals surface area contributed by atoms with Crippen LogP contribution in [0.25, 0.3) is 0 Å². The van der Waals surface area contributed by atoms with Gasteiger partial charge in [0.1, 0.15) is 6.10 Å². The van der Waals surface area contributed by atoms with Crippen LogP contribution < -0.4 is 4.74 Å². The fraction of sp³-hybridized carbons (Fsp3) is 0.667. The molecule has 1 saturated carbocycles. The van der Waals surface area contributed by atoms with E-state index in [0.29, 0.717) is 12.1 Å². The van der Waals surface area contributed by atoms with Crippen molar-refractivity contribution >= 4 is 0 Å². The maximum absolute atomic E-state index is 5.73. The zero-order chi connectivity index (χ0) is 10.5. The summed E-state index contributed by atoms with van der Waals surface area (Å²) in [7, 11) is 0. The van der Waals surface area contributed by atoms with Crippen molar-refractivity contribution in [3.05, 3.63) is 18.0 Å². The largest absolute Gasteiger partial charge is 0.460 e. The first-order valence-corrected chi connectivity index (χ1v) is 5.86. The molecular weight excluding hydrogens is 188 g/mol. The Kier molecular flexibility index (Phi) is 3.54. The second kappa shape index (κ2) is 5.10. The highest BCUT2D eigenvalue weighted by molar-refractivity contribution is 5.07. The molecule has 0 aliphatic heterocycles. The first kappa shape index (κ1) is 10.4. The molecule has 1 aromatic heterocycles. The molecule has 1 fully saturated rings. The van der Waals surface area contributed by atoms with E-state index in [9.17, 15) is 0 Å². The molecule has 15 heavy (non-hydrogen) atoms. The van der Waals surface area contributed by atoms with Crippen molar-refractivity contribution in [3.63, 3.8) is 0 Å². The molecule has 0 N–H and O–H groups in total. The molecule has 2 rings (SSSR count). The Balaban J connectivity index is 1.91. The average Bonchev–Trinajstić information content (AvgIpc) is 2.31. The van der Waals surface area contributed by atoms with Crippen LogP contribution in [0.4, 0.5) is 0 Å². The molecule has 0 unspecified atom stereocenters. The van der Waals surface area contributed by atoms with Crippen LogP contribution in [-0.2, 0) is 6.42 Å². The van der Waals surface area contributed by atoms with Crippen LogP contribution in [0.2, 0.25) is 0 Å². The number of hydrogen-bond acceptors (Lipinski definition) is 3. The van der Waals surface area contributed by atoms with Gasteiger partial charge >= 0.3 is 6.01 Å². The molecule has 0 spiro atoms. The molecule has 0 saturated heterocycles. The van der Waals surface area contributed by atoms with E-state index in [1.165, 1.54) is 19.3 Å². The van der Waals surface area contributed by atoms with E-state index in [0.717, 1.165) is 24.8 Å². The van der Waals surface area contributed by atoms with Gasteiger partial charge in [-0.15, -0.1) is 0 Å². The molecule has 0 radical (unpaired) electrons. The first-order chi connectivity index (χ1) is 7.38. The van der Waals surface area contributed by atoms with Crippen molar-refractivity contribution in [3.8, 4) is 6.01 Å². The van der Waals surface area contributed by atoms with Gasteiger partial charge < -0.3 is 4.74 Å². The number of nitrogens with zero attached hydrogens (tertiary/aromatic N) is 2. The maximum atomic E-state index is 5.73. The van der Waals surface area contributed by atoms with Crippen LogP contribution in [0.1, 0.15) is 44.6 Å². The van der Waals surface area contributed by atoms with Gasteiger partial charge in [0.25, 0.3) is 0 Å². The van der Waals surface area contributed by atoms with Crippen molar-refractivity contribution in [2.45, 2.75) is 51.6 Å². The third kappa shape index (κ3) is 2.91. The number of aromatic nitrogens is 2. The van der Waals surface area contributed by atoms with Crippen LogP contribution in [0.3, 0.4) is 0 Å². The zero-order valence-corrected chi connectivity index (χ0v) is 9.28. The van der Waals surface area contributed by atoms with Gasteiger partial charge in [-0.3, -0.25) is 0 Å². The van der Waals surface area contributed by atoms with E-state index in [2.05, 4.69) is 16.9 Å². The summed E-state index contributed by atoms with van der Waals surface area (Å²) in [6.45, 7) is 2.10. The minimum absolute atomic E-state index is 0.339. The fourth-order valence-electron chi connectivity index (χ4n) is 1.92. The molecule has 1 aliphatic rings. The lowest BCUT2D eigenvalue weighted by Gasteiger charge is -2.21. The lowest BCUT2D eigenvalue weighted by Crippen LogP contribution is -2.20. The van der Waals surface area contributed by atoms with Gasteiger partial charge in [-0.1, -0.05) is 13.3 Å². The van der Waals surface area contributed by atoms with Crippen LogP contribution >= 0.6 is 0 Å². The van der Waals surface area contributed by atoms with Crippen LogP contribution in [0.15, 0.2) is 12.4 Å². The van der Waals surface area contributed by atoms with E-state index in [1.807, 2.05) is 12.4 Å². The van der Waals surface area contributed by atoms with Gasteiger partial charge in [-0.25, -0.2) is 9.97 Å². The molecule has 3 heteroatoms. The summed E-state index contributed by atoms with van der Waals surface area (Å²) in [4.78, 5) is 8.42. The summed E-state index contributed by atoms with van der Waals surface area (Å²) >= 11 is 0. The molecule has 1 aromatic rings. The predicted molar refractivity (Wildman–Crippen MR) is 58.9 cm³/mol. The summed E-state index contributed by atoms with van der Waals surface area (Å²) in [5.41, 5.74) is 1.16. The van der Waals surface area contributed by atoms with Crippen LogP contribution in [-0.4, -0.2) is 16.1 Å². The Morgan fingerprint density at radius 3 is 2.47 bits per heavy atom. The lowest BCUT2D eigenvalue weighted by molar-refractivity contribution is 0.141. The standard InChI is InChI=1S/C12H18N2O/c1-2-10-8-13-12(14-9-10)15-11-6-4-3-5-7-11/h8-9,11H,2-7H2,1H3. The van der Waals surface area contributed by atoms with Gasteiger partial charge in [0.2, 0.25) is 0 Å². The summed E-state index contributed by atoms with van der Waals surface area (Å²) in [6, 6.07) is 0.541. The topological polar surface area (TPSA) is 35.0 Å². The number of ether oxygens (including phenoxy) is 1. The van der Waals surface area contributed by atoms with Gasteiger partial charge in [0, 0.05) is 12.4 Å². The molecule has 0 bridgehead atoms. The predicted octanol–water partition coefficient (Wildman–Crippen LogP) is 2.75. The molecule has 1 heterocycles. The molecule has 3 nitrogen and oxygen atoms in total. The Morgan fingerprint density at radius 1 is 1.20 bits per heavy atom. The zero-order valence-electron chi connectivity index (χ0n) is 9.28. The van der Waals surface area contributed by atoms with E-state index < -0.39 is 0 Å². The number of hydrogen-bond donors (Lipinski definition) is 0. The minimum Gasteiger partial charge on any atom is -0.460 e. The SMILES string of the molecule is CCc1cnc(OC2CCCCC2)nc1. The van der Waals surface area contributed by atoms with E-state index in [4.69, 9.17) is 4.74 Å². The quantitative estimate of drug-likeness (QED) is 0.762. The molecule has 1 aliphatic carbocycles. The second-order valence-corrected chi connectivity index (χ2v) is 4.11. The fourth-order valence-corrected chi connectivity index (χ4v) is 1.92. The highest BCUT2D eigenvalue weighted by atomic mass is 16.5. The van der Waals surface area contributed by atoms with E-state index in [-0.39, 0.29) is 0 Å². The molecule has 82 valence electrons. The molecular formula is C12H18N2O. The van der Waals surface area contributed by atoms with E-state index in [1.54, 1.807) is 0 Å². The molecule has 0 aromatic carbocycles. The third-order valence-electron chi connectivity index (χ3n) is 2.91. The second-order valence-electron chi connectivity index (χ2n) is 4.11. The Bertz CT molecular complexity index is 291. The monoisotopic (exact) mass is 206 g/mol. The maximum Gasteiger partial charge on any atom is 0.316 e. The van der Waals surface area contributed by atoms with Crippen molar-refractivity contribution in [1.29, 1.82) is 0 Å². The normalized spacial score (nSPS) is 17.7. The van der Waals surface area contributed by atoms with Crippen LogP contribution in [0, 0.1) is 0 Å². The lowest BCUT2D eigenvalue weighted by atomic mass is 9.98. The summed E-state index contributed by atoms with van der Waals surface area (Å²) in [5, 5.41) is 0. The summed E-state index contributed by atoms with van der Waals surface area (Å²) in [6.07, 6.45) is 11.2. The molecule has 0 amide bonds. The average molecular weight is 206 g/mol. The van der Waals surface area contributed by atoms with Gasteiger partial charge in [0.05, 0.1) is 0 Å².